The van der Waals surface area contributed by atoms with E-state index in [1.54, 1.807) is 0 Å². The molecule has 0 saturated carbocycles. The van der Waals surface area contributed by atoms with Gasteiger partial charge in [0.25, 0.3) is 0 Å². The highest BCUT2D eigenvalue weighted by molar-refractivity contribution is 6.13. The van der Waals surface area contributed by atoms with Crippen molar-refractivity contribution in [1.29, 1.82) is 5.26 Å². The van der Waals surface area contributed by atoms with Crippen molar-refractivity contribution in [2.45, 2.75) is 0 Å². The fraction of sp³-hybridized carbons (Fsp3) is 0. The number of furan rings is 1. The first-order valence-electron chi connectivity index (χ1n) is 20.9. The van der Waals surface area contributed by atoms with Gasteiger partial charge in [-0.2, -0.15) is 5.26 Å². The topological polar surface area (TPSA) is 75.6 Å². The summed E-state index contributed by atoms with van der Waals surface area (Å²) in [4.78, 5) is 15.6. The minimum absolute atomic E-state index is 0.525. The molecule has 0 fully saturated rings. The van der Waals surface area contributed by atoms with Gasteiger partial charge in [0, 0.05) is 27.5 Å². The number of hydrogen-bond acceptors (Lipinski definition) is 5. The van der Waals surface area contributed by atoms with Crippen LogP contribution in [0.2, 0.25) is 0 Å². The number of fused-ring (bicyclic) bond motifs is 3. The fourth-order valence-electron chi connectivity index (χ4n) is 8.40. The molecule has 0 aliphatic carbocycles. The second-order valence-electron chi connectivity index (χ2n) is 15.5. The second-order valence-corrected chi connectivity index (χ2v) is 15.5. The molecular formula is C58H36N4O. The summed E-state index contributed by atoms with van der Waals surface area (Å²) in [5.41, 5.74) is 15.5. The molecule has 0 spiro atoms. The highest BCUT2D eigenvalue weighted by Gasteiger charge is 2.18. The van der Waals surface area contributed by atoms with Gasteiger partial charge in [0.1, 0.15) is 11.2 Å². The van der Waals surface area contributed by atoms with Gasteiger partial charge in [0.05, 0.1) is 11.6 Å². The Balaban J connectivity index is 1.07. The van der Waals surface area contributed by atoms with E-state index >= 15 is 0 Å². The van der Waals surface area contributed by atoms with Crippen LogP contribution in [0.1, 0.15) is 5.56 Å². The third-order valence-electron chi connectivity index (χ3n) is 11.5. The predicted molar refractivity (Wildman–Crippen MR) is 255 cm³/mol. The maximum atomic E-state index is 9.64. The maximum absolute atomic E-state index is 9.64. The van der Waals surface area contributed by atoms with Crippen LogP contribution in [0.4, 0.5) is 0 Å². The second kappa shape index (κ2) is 16.0. The zero-order valence-electron chi connectivity index (χ0n) is 34.0. The molecule has 5 nitrogen and oxygen atoms in total. The van der Waals surface area contributed by atoms with Gasteiger partial charge in [0.2, 0.25) is 0 Å². The fourth-order valence-corrected chi connectivity index (χ4v) is 8.40. The quantitative estimate of drug-likeness (QED) is 0.153. The van der Waals surface area contributed by atoms with Crippen molar-refractivity contribution in [2.75, 3.05) is 0 Å². The van der Waals surface area contributed by atoms with Crippen LogP contribution in [0.5, 0.6) is 0 Å². The highest BCUT2D eigenvalue weighted by Crippen LogP contribution is 2.40. The Labute approximate surface area is 364 Å². The number of rotatable bonds is 8. The average Bonchev–Trinajstić information content (AvgIpc) is 3.75. The van der Waals surface area contributed by atoms with Gasteiger partial charge in [0.15, 0.2) is 17.5 Å². The Morgan fingerprint density at radius 3 is 1.40 bits per heavy atom. The van der Waals surface area contributed by atoms with Crippen molar-refractivity contribution in [2.24, 2.45) is 0 Å². The molecule has 0 amide bonds. The molecule has 0 aliphatic heterocycles. The predicted octanol–water partition coefficient (Wildman–Crippen LogP) is 15.0. The number of nitriles is 1. The van der Waals surface area contributed by atoms with E-state index in [4.69, 9.17) is 19.4 Å². The standard InChI is InChI=1S/C58H36N4O/c59-37-38-13-10-20-44(31-38)45-21-11-22-46(32-45)56-60-57(62-58(61-56)50-34-48(40-16-6-2-7-17-40)33-49(35-50)41-18-8-3-9-19-41)47-29-30-52-54(36-47)63-53-24-12-23-51(55(52)53)43-27-25-42(26-28-43)39-14-4-1-5-15-39/h1-36H. The molecule has 0 radical (unpaired) electrons. The smallest absolute Gasteiger partial charge is 0.164 e. The van der Waals surface area contributed by atoms with E-state index in [2.05, 4.69) is 152 Å². The minimum Gasteiger partial charge on any atom is -0.456 e. The summed E-state index contributed by atoms with van der Waals surface area (Å²) < 4.78 is 6.62. The van der Waals surface area contributed by atoms with E-state index < -0.39 is 0 Å². The summed E-state index contributed by atoms with van der Waals surface area (Å²) in [6, 6.07) is 77.0. The van der Waals surface area contributed by atoms with Gasteiger partial charge in [-0.05, 0) is 110 Å². The number of benzene rings is 9. The Morgan fingerprint density at radius 1 is 0.317 bits per heavy atom. The molecule has 0 aliphatic rings. The molecule has 2 aromatic heterocycles. The molecule has 294 valence electrons. The van der Waals surface area contributed by atoms with E-state index in [0.717, 1.165) is 83.1 Å². The lowest BCUT2D eigenvalue weighted by Crippen LogP contribution is -2.01. The Morgan fingerprint density at radius 2 is 0.762 bits per heavy atom. The molecule has 0 saturated heterocycles. The van der Waals surface area contributed by atoms with Crippen LogP contribution in [0.25, 0.3) is 112 Å². The molecule has 0 N–H and O–H groups in total. The third kappa shape index (κ3) is 7.33. The van der Waals surface area contributed by atoms with Gasteiger partial charge in [-0.15, -0.1) is 0 Å². The van der Waals surface area contributed by atoms with Crippen molar-refractivity contribution in [3.8, 4) is 95.9 Å². The first kappa shape index (κ1) is 37.3. The number of aromatic nitrogens is 3. The third-order valence-corrected chi connectivity index (χ3v) is 11.5. The van der Waals surface area contributed by atoms with Crippen molar-refractivity contribution in [1.82, 2.24) is 15.0 Å². The van der Waals surface area contributed by atoms with Crippen LogP contribution in [0.3, 0.4) is 0 Å². The highest BCUT2D eigenvalue weighted by atomic mass is 16.3. The van der Waals surface area contributed by atoms with E-state index in [1.165, 1.54) is 11.1 Å². The Hall–Kier alpha value is -8.72. The van der Waals surface area contributed by atoms with Crippen molar-refractivity contribution in [3.05, 3.63) is 224 Å². The molecule has 0 bridgehead atoms. The molecular weight excluding hydrogens is 769 g/mol. The first-order chi connectivity index (χ1) is 31.1. The van der Waals surface area contributed by atoms with Crippen molar-refractivity contribution < 1.29 is 4.42 Å². The first-order valence-corrected chi connectivity index (χ1v) is 20.9. The van der Waals surface area contributed by atoms with Crippen LogP contribution in [-0.2, 0) is 0 Å². The van der Waals surface area contributed by atoms with Gasteiger partial charge in [-0.25, -0.2) is 15.0 Å². The summed E-state index contributed by atoms with van der Waals surface area (Å²) in [5.74, 6) is 1.61. The lowest BCUT2D eigenvalue weighted by molar-refractivity contribution is 0.669. The summed E-state index contributed by atoms with van der Waals surface area (Å²) in [6.45, 7) is 0. The lowest BCUT2D eigenvalue weighted by Gasteiger charge is -2.13. The van der Waals surface area contributed by atoms with Crippen molar-refractivity contribution in [3.63, 3.8) is 0 Å². The molecule has 11 rings (SSSR count). The van der Waals surface area contributed by atoms with Crippen LogP contribution < -0.4 is 0 Å². The summed E-state index contributed by atoms with van der Waals surface area (Å²) in [5, 5.41) is 11.7. The zero-order valence-corrected chi connectivity index (χ0v) is 34.0. The van der Waals surface area contributed by atoms with Gasteiger partial charge in [-0.3, -0.25) is 0 Å². The molecule has 5 heteroatoms. The molecule has 2 heterocycles. The Bertz CT molecular complexity index is 3440. The molecule has 11 aromatic rings. The normalized spacial score (nSPS) is 11.2. The van der Waals surface area contributed by atoms with Crippen LogP contribution in [0.15, 0.2) is 223 Å². The minimum atomic E-state index is 0.525. The molecule has 0 unspecified atom stereocenters. The molecule has 0 atom stereocenters. The maximum Gasteiger partial charge on any atom is 0.164 e. The summed E-state index contributed by atoms with van der Waals surface area (Å²) in [6.07, 6.45) is 0. The monoisotopic (exact) mass is 804 g/mol. The van der Waals surface area contributed by atoms with Crippen LogP contribution in [-0.4, -0.2) is 15.0 Å². The Kier molecular flexibility index (Phi) is 9.50. The number of hydrogen-bond donors (Lipinski definition) is 0. The SMILES string of the molecule is N#Cc1cccc(-c2cccc(-c3nc(-c4cc(-c5ccccc5)cc(-c5ccccc5)c4)nc(-c4ccc5c(c4)oc4cccc(-c6ccc(-c7ccccc7)cc6)c45)n3)c2)c1. The van der Waals surface area contributed by atoms with E-state index in [1.807, 2.05) is 72.8 Å². The summed E-state index contributed by atoms with van der Waals surface area (Å²) in [7, 11) is 0. The zero-order chi connectivity index (χ0) is 42.1. The lowest BCUT2D eigenvalue weighted by atomic mass is 9.95. The van der Waals surface area contributed by atoms with Crippen LogP contribution in [0, 0.1) is 11.3 Å². The van der Waals surface area contributed by atoms with E-state index in [0.29, 0.717) is 23.0 Å². The molecule has 63 heavy (non-hydrogen) atoms. The molecule has 9 aromatic carbocycles. The number of nitrogens with zero attached hydrogens (tertiary/aromatic N) is 4. The largest absolute Gasteiger partial charge is 0.456 e. The van der Waals surface area contributed by atoms with Gasteiger partial charge >= 0.3 is 0 Å². The van der Waals surface area contributed by atoms with Crippen LogP contribution >= 0.6 is 0 Å². The van der Waals surface area contributed by atoms with Gasteiger partial charge < -0.3 is 4.42 Å². The average molecular weight is 805 g/mol. The van der Waals surface area contributed by atoms with Gasteiger partial charge in [-0.1, -0.05) is 164 Å². The van der Waals surface area contributed by atoms with E-state index in [9.17, 15) is 5.26 Å². The van der Waals surface area contributed by atoms with Crippen molar-refractivity contribution >= 4 is 21.9 Å². The summed E-state index contributed by atoms with van der Waals surface area (Å²) >= 11 is 0. The van der Waals surface area contributed by atoms with E-state index in [-0.39, 0.29) is 0 Å².